The second-order valence-electron chi connectivity index (χ2n) is 2.15. The van der Waals surface area contributed by atoms with Crippen LogP contribution in [0.5, 0.6) is 0 Å². The molecule has 0 heterocycles. The number of rotatable bonds is 5. The van der Waals surface area contributed by atoms with Crippen LogP contribution in [0.25, 0.3) is 0 Å². The van der Waals surface area contributed by atoms with Gasteiger partial charge in [0.15, 0.2) is 0 Å². The lowest BCUT2D eigenvalue weighted by Gasteiger charge is -1.94. The van der Waals surface area contributed by atoms with E-state index in [0.717, 1.165) is 13.0 Å². The summed E-state index contributed by atoms with van der Waals surface area (Å²) in [5.74, 6) is -0.218. The molecule has 0 fully saturated rings. The van der Waals surface area contributed by atoms with Crippen molar-refractivity contribution < 1.29 is 9.13 Å². The Morgan fingerprint density at radius 3 is 2.82 bits per heavy atom. The molecule has 0 spiro atoms. The standard InChI is InChI=1S/C9H15FO/c1-3-7-11-8-5-6-9(10)4-2/h4-6H,3,7-8H2,1-2H3/b6-5-,9-4+. The van der Waals surface area contributed by atoms with Crippen molar-refractivity contribution in [2.45, 2.75) is 20.3 Å². The molecule has 2 heteroatoms. The zero-order valence-electron chi connectivity index (χ0n) is 7.14. The average Bonchev–Trinajstić information content (AvgIpc) is 2.04. The summed E-state index contributed by atoms with van der Waals surface area (Å²) in [5, 5.41) is 0. The van der Waals surface area contributed by atoms with Crippen LogP contribution < -0.4 is 0 Å². The minimum absolute atomic E-state index is 0.218. The lowest BCUT2D eigenvalue weighted by Crippen LogP contribution is -1.91. The zero-order valence-corrected chi connectivity index (χ0v) is 7.14. The number of hydrogen-bond donors (Lipinski definition) is 0. The Bertz CT molecular complexity index is 138. The first kappa shape index (κ1) is 10.4. The fourth-order valence-corrected chi connectivity index (χ4v) is 0.553. The second-order valence-corrected chi connectivity index (χ2v) is 2.15. The molecule has 1 nitrogen and oxygen atoms in total. The minimum atomic E-state index is -0.218. The van der Waals surface area contributed by atoms with Crippen molar-refractivity contribution in [2.24, 2.45) is 0 Å². The summed E-state index contributed by atoms with van der Waals surface area (Å²) < 4.78 is 17.5. The number of allylic oxidation sites excluding steroid dienone is 3. The molecular weight excluding hydrogens is 143 g/mol. The molecule has 0 aromatic carbocycles. The first-order valence-electron chi connectivity index (χ1n) is 3.87. The Balaban J connectivity index is 3.30. The highest BCUT2D eigenvalue weighted by Crippen LogP contribution is 1.96. The SMILES string of the molecule is C/C=C(F)\C=C/COCCC. The van der Waals surface area contributed by atoms with Gasteiger partial charge in [-0.1, -0.05) is 19.1 Å². The van der Waals surface area contributed by atoms with Gasteiger partial charge >= 0.3 is 0 Å². The first-order valence-corrected chi connectivity index (χ1v) is 3.87. The Hall–Kier alpha value is -0.630. The summed E-state index contributed by atoms with van der Waals surface area (Å²) in [4.78, 5) is 0. The van der Waals surface area contributed by atoms with Gasteiger partial charge in [0.05, 0.1) is 6.61 Å². The monoisotopic (exact) mass is 158 g/mol. The van der Waals surface area contributed by atoms with Gasteiger partial charge < -0.3 is 4.74 Å². The molecule has 0 rings (SSSR count). The molecule has 0 saturated carbocycles. The van der Waals surface area contributed by atoms with E-state index in [1.165, 1.54) is 12.2 Å². The van der Waals surface area contributed by atoms with Crippen LogP contribution in [0.3, 0.4) is 0 Å². The predicted molar refractivity (Wildman–Crippen MR) is 45.1 cm³/mol. The van der Waals surface area contributed by atoms with Crippen molar-refractivity contribution >= 4 is 0 Å². The Morgan fingerprint density at radius 1 is 1.55 bits per heavy atom. The molecular formula is C9H15FO. The van der Waals surface area contributed by atoms with Crippen LogP contribution in [-0.4, -0.2) is 13.2 Å². The summed E-state index contributed by atoms with van der Waals surface area (Å²) in [6.07, 6.45) is 5.50. The molecule has 0 aliphatic heterocycles. The molecule has 0 atom stereocenters. The van der Waals surface area contributed by atoms with Gasteiger partial charge in [0, 0.05) is 6.61 Å². The quantitative estimate of drug-likeness (QED) is 0.441. The third-order valence-electron chi connectivity index (χ3n) is 1.12. The summed E-state index contributed by atoms with van der Waals surface area (Å²) in [7, 11) is 0. The predicted octanol–water partition coefficient (Wildman–Crippen LogP) is 2.84. The van der Waals surface area contributed by atoms with Gasteiger partial charge in [0.2, 0.25) is 0 Å². The van der Waals surface area contributed by atoms with E-state index in [9.17, 15) is 4.39 Å². The summed E-state index contributed by atoms with van der Waals surface area (Å²) in [5.41, 5.74) is 0. The molecule has 0 aromatic rings. The number of halogens is 1. The minimum Gasteiger partial charge on any atom is -0.377 e. The van der Waals surface area contributed by atoms with E-state index in [0.29, 0.717) is 6.61 Å². The third-order valence-corrected chi connectivity index (χ3v) is 1.12. The molecule has 0 unspecified atom stereocenters. The lowest BCUT2D eigenvalue weighted by molar-refractivity contribution is 0.163. The van der Waals surface area contributed by atoms with Crippen LogP contribution in [0.1, 0.15) is 20.3 Å². The van der Waals surface area contributed by atoms with Crippen molar-refractivity contribution in [2.75, 3.05) is 13.2 Å². The van der Waals surface area contributed by atoms with Crippen molar-refractivity contribution in [3.63, 3.8) is 0 Å². The highest BCUT2D eigenvalue weighted by molar-refractivity contribution is 5.09. The highest BCUT2D eigenvalue weighted by Gasteiger charge is 1.82. The zero-order chi connectivity index (χ0) is 8.53. The van der Waals surface area contributed by atoms with Gasteiger partial charge in [-0.25, -0.2) is 4.39 Å². The van der Waals surface area contributed by atoms with E-state index >= 15 is 0 Å². The second kappa shape index (κ2) is 7.48. The maximum absolute atomic E-state index is 12.4. The van der Waals surface area contributed by atoms with Gasteiger partial charge in [-0.05, 0) is 19.4 Å². The van der Waals surface area contributed by atoms with Crippen LogP contribution in [0.2, 0.25) is 0 Å². The molecule has 0 amide bonds. The molecule has 0 bridgehead atoms. The molecule has 0 aliphatic carbocycles. The van der Waals surface area contributed by atoms with Gasteiger partial charge in [0.1, 0.15) is 5.83 Å². The molecule has 11 heavy (non-hydrogen) atoms. The van der Waals surface area contributed by atoms with Crippen LogP contribution in [0.15, 0.2) is 24.1 Å². The van der Waals surface area contributed by atoms with E-state index in [1.807, 2.05) is 6.92 Å². The van der Waals surface area contributed by atoms with Crippen LogP contribution in [0.4, 0.5) is 4.39 Å². The van der Waals surface area contributed by atoms with Crippen molar-refractivity contribution in [1.82, 2.24) is 0 Å². The van der Waals surface area contributed by atoms with Gasteiger partial charge in [-0.3, -0.25) is 0 Å². The maximum atomic E-state index is 12.4. The first-order chi connectivity index (χ1) is 5.31. The van der Waals surface area contributed by atoms with E-state index in [-0.39, 0.29) is 5.83 Å². The number of ether oxygens (including phenoxy) is 1. The smallest absolute Gasteiger partial charge is 0.118 e. The summed E-state index contributed by atoms with van der Waals surface area (Å²) >= 11 is 0. The maximum Gasteiger partial charge on any atom is 0.118 e. The van der Waals surface area contributed by atoms with Crippen LogP contribution in [-0.2, 0) is 4.74 Å². The molecule has 0 radical (unpaired) electrons. The van der Waals surface area contributed by atoms with E-state index < -0.39 is 0 Å². The topological polar surface area (TPSA) is 9.23 Å². The third kappa shape index (κ3) is 7.26. The van der Waals surface area contributed by atoms with E-state index in [1.54, 1.807) is 13.0 Å². The van der Waals surface area contributed by atoms with E-state index in [2.05, 4.69) is 0 Å². The molecule has 0 N–H and O–H groups in total. The highest BCUT2D eigenvalue weighted by atomic mass is 19.1. The molecule has 0 aliphatic rings. The largest absolute Gasteiger partial charge is 0.377 e. The van der Waals surface area contributed by atoms with Crippen molar-refractivity contribution in [3.8, 4) is 0 Å². The average molecular weight is 158 g/mol. The Kier molecular flexibility index (Phi) is 7.05. The van der Waals surface area contributed by atoms with Crippen molar-refractivity contribution in [3.05, 3.63) is 24.1 Å². The normalized spacial score (nSPS) is 12.8. The molecule has 64 valence electrons. The lowest BCUT2D eigenvalue weighted by atomic mass is 10.4. The number of hydrogen-bond acceptors (Lipinski definition) is 1. The fraction of sp³-hybridized carbons (Fsp3) is 0.556. The molecule has 0 aromatic heterocycles. The van der Waals surface area contributed by atoms with E-state index in [4.69, 9.17) is 4.74 Å². The van der Waals surface area contributed by atoms with Gasteiger partial charge in [-0.2, -0.15) is 0 Å². The van der Waals surface area contributed by atoms with Crippen molar-refractivity contribution in [1.29, 1.82) is 0 Å². The van der Waals surface area contributed by atoms with Crippen LogP contribution >= 0.6 is 0 Å². The molecule has 0 saturated heterocycles. The fourth-order valence-electron chi connectivity index (χ4n) is 0.553. The van der Waals surface area contributed by atoms with Gasteiger partial charge in [0.25, 0.3) is 0 Å². The summed E-state index contributed by atoms with van der Waals surface area (Å²) in [6.45, 7) is 4.93. The van der Waals surface area contributed by atoms with Gasteiger partial charge in [-0.15, -0.1) is 0 Å². The Morgan fingerprint density at radius 2 is 2.27 bits per heavy atom. The van der Waals surface area contributed by atoms with Crippen LogP contribution in [0, 0.1) is 0 Å². The summed E-state index contributed by atoms with van der Waals surface area (Å²) in [6, 6.07) is 0. The Labute approximate surface area is 67.6 Å².